The van der Waals surface area contributed by atoms with Gasteiger partial charge in [-0.3, -0.25) is 14.5 Å². The Morgan fingerprint density at radius 3 is 2.49 bits per heavy atom. The first-order valence-corrected chi connectivity index (χ1v) is 16.5. The average Bonchev–Trinajstić information content (AvgIpc) is 3.28. The number of para-hydroxylation sites is 1. The SMILES string of the molecule is C[C@H]1[C@H]([Si](C)(C)F)[C@@H](CCO)O[C@]12C(=O)N(c1ccccc1)c1ccc(N3CCCCCCC3=O)cc12. The van der Waals surface area contributed by atoms with Gasteiger partial charge < -0.3 is 18.9 Å². The van der Waals surface area contributed by atoms with Gasteiger partial charge in [0, 0.05) is 48.0 Å². The number of rotatable bonds is 5. The van der Waals surface area contributed by atoms with Gasteiger partial charge in [0.2, 0.25) is 14.3 Å². The molecule has 2 aromatic carbocycles. The highest BCUT2D eigenvalue weighted by atomic mass is 28.4. The van der Waals surface area contributed by atoms with Crippen molar-refractivity contribution in [2.75, 3.05) is 23.0 Å². The van der Waals surface area contributed by atoms with Crippen LogP contribution in [0, 0.1) is 5.92 Å². The number of halogens is 1. The first-order valence-electron chi connectivity index (χ1n) is 13.5. The molecule has 3 aliphatic heterocycles. The Bertz CT molecular complexity index is 1170. The second-order valence-electron chi connectivity index (χ2n) is 11.2. The lowest BCUT2D eigenvalue weighted by Gasteiger charge is -2.31. The number of amides is 2. The summed E-state index contributed by atoms with van der Waals surface area (Å²) in [5.74, 6) is -0.582. The molecule has 2 aromatic rings. The molecule has 6 nitrogen and oxygen atoms in total. The van der Waals surface area contributed by atoms with E-state index >= 15 is 4.11 Å². The zero-order valence-corrected chi connectivity index (χ0v) is 23.0. The summed E-state index contributed by atoms with van der Waals surface area (Å²) in [7, 11) is -3.27. The van der Waals surface area contributed by atoms with E-state index in [9.17, 15) is 14.7 Å². The minimum atomic E-state index is -3.27. The highest BCUT2D eigenvalue weighted by molar-refractivity contribution is 6.72. The fraction of sp³-hybridized carbons (Fsp3) is 0.517. The maximum atomic E-state index is 15.8. The van der Waals surface area contributed by atoms with Gasteiger partial charge in [-0.2, -0.15) is 0 Å². The van der Waals surface area contributed by atoms with Crippen molar-refractivity contribution in [3.63, 3.8) is 0 Å². The van der Waals surface area contributed by atoms with Gasteiger partial charge in [0.05, 0.1) is 11.8 Å². The molecule has 37 heavy (non-hydrogen) atoms. The third kappa shape index (κ3) is 4.33. The van der Waals surface area contributed by atoms with Crippen LogP contribution in [-0.4, -0.2) is 44.6 Å². The number of fused-ring (bicyclic) bond motifs is 2. The van der Waals surface area contributed by atoms with Gasteiger partial charge >= 0.3 is 0 Å². The topological polar surface area (TPSA) is 70.1 Å². The lowest BCUT2D eigenvalue weighted by atomic mass is 9.82. The molecule has 0 bridgehead atoms. The predicted molar refractivity (Wildman–Crippen MR) is 145 cm³/mol. The van der Waals surface area contributed by atoms with E-state index in [1.54, 1.807) is 18.0 Å². The average molecular weight is 525 g/mol. The second-order valence-corrected chi connectivity index (χ2v) is 15.0. The number of hydrogen-bond donors (Lipinski definition) is 1. The van der Waals surface area contributed by atoms with E-state index in [4.69, 9.17) is 4.74 Å². The first kappa shape index (κ1) is 26.1. The van der Waals surface area contributed by atoms with Crippen LogP contribution >= 0.6 is 0 Å². The van der Waals surface area contributed by atoms with Gasteiger partial charge in [0.15, 0.2) is 5.60 Å². The van der Waals surface area contributed by atoms with Crippen LogP contribution in [0.5, 0.6) is 0 Å². The van der Waals surface area contributed by atoms with Gasteiger partial charge in [0.25, 0.3) is 5.91 Å². The highest BCUT2D eigenvalue weighted by Gasteiger charge is 2.66. The van der Waals surface area contributed by atoms with Crippen molar-refractivity contribution in [2.45, 2.75) is 75.8 Å². The lowest BCUT2D eigenvalue weighted by molar-refractivity contribution is -0.145. The van der Waals surface area contributed by atoms with Gasteiger partial charge in [-0.25, -0.2) is 0 Å². The van der Waals surface area contributed by atoms with Crippen LogP contribution in [0.2, 0.25) is 18.6 Å². The van der Waals surface area contributed by atoms with Crippen molar-refractivity contribution < 1.29 is 23.5 Å². The van der Waals surface area contributed by atoms with E-state index in [1.165, 1.54) is 0 Å². The third-order valence-corrected chi connectivity index (χ3v) is 10.9. The maximum Gasteiger partial charge on any atom is 0.268 e. The highest BCUT2D eigenvalue weighted by Crippen LogP contribution is 2.61. The van der Waals surface area contributed by atoms with Crippen LogP contribution in [0.3, 0.4) is 0 Å². The summed E-state index contributed by atoms with van der Waals surface area (Å²) in [6.45, 7) is 5.73. The number of aliphatic hydroxyl groups excluding tert-OH is 1. The standard InChI is InChI=1S/C29H37FN2O4Si/c1-20-27(37(2,3)30)25(16-18-33)36-29(20)23-19-22(31-17-10-5-4-9-13-26(31)34)14-15-24(23)32(28(29)35)21-11-7-6-8-12-21/h6-8,11-12,14-15,19-20,25,27,33H,4-5,9-10,13,16-18H2,1-3H3/t20-,25+,27-,29+/m0/s1. The second kappa shape index (κ2) is 9.96. The molecule has 4 atom stereocenters. The molecule has 0 aromatic heterocycles. The number of benzene rings is 2. The molecule has 0 unspecified atom stereocenters. The number of anilines is 3. The predicted octanol–water partition coefficient (Wildman–Crippen LogP) is 5.82. The lowest BCUT2D eigenvalue weighted by Crippen LogP contribution is -2.44. The molecule has 198 valence electrons. The Labute approximate surface area is 219 Å². The summed E-state index contributed by atoms with van der Waals surface area (Å²) in [5.41, 5.74) is 1.02. The molecule has 3 aliphatic rings. The largest absolute Gasteiger partial charge is 0.396 e. The van der Waals surface area contributed by atoms with Gasteiger partial charge in [-0.15, -0.1) is 0 Å². The van der Waals surface area contributed by atoms with Crippen molar-refractivity contribution in [1.82, 2.24) is 0 Å². The molecule has 2 amide bonds. The summed E-state index contributed by atoms with van der Waals surface area (Å²) >= 11 is 0. The monoisotopic (exact) mass is 524 g/mol. The van der Waals surface area contributed by atoms with Gasteiger partial charge in [0.1, 0.15) is 0 Å². The van der Waals surface area contributed by atoms with E-state index < -0.39 is 31.6 Å². The van der Waals surface area contributed by atoms with Crippen LogP contribution < -0.4 is 9.80 Å². The Hall–Kier alpha value is -2.55. The molecule has 0 saturated carbocycles. The minimum Gasteiger partial charge on any atom is -0.396 e. The number of nitrogens with zero attached hydrogens (tertiary/aromatic N) is 2. The summed E-state index contributed by atoms with van der Waals surface area (Å²) in [5, 5.41) is 9.79. The smallest absolute Gasteiger partial charge is 0.268 e. The quantitative estimate of drug-likeness (QED) is 0.395. The Morgan fingerprint density at radius 1 is 1.05 bits per heavy atom. The molecule has 0 radical (unpaired) electrons. The Morgan fingerprint density at radius 2 is 1.78 bits per heavy atom. The fourth-order valence-corrected chi connectivity index (χ4v) is 9.33. The number of carbonyl (C=O) groups excluding carboxylic acids is 2. The number of hydrogen-bond acceptors (Lipinski definition) is 4. The van der Waals surface area contributed by atoms with Crippen LogP contribution in [0.4, 0.5) is 21.2 Å². The molecule has 1 N–H and O–H groups in total. The molecule has 2 saturated heterocycles. The maximum absolute atomic E-state index is 15.8. The van der Waals surface area contributed by atoms with Crippen molar-refractivity contribution in [3.05, 3.63) is 54.1 Å². The third-order valence-electron chi connectivity index (χ3n) is 8.42. The van der Waals surface area contributed by atoms with E-state index in [0.29, 0.717) is 24.2 Å². The Balaban J connectivity index is 1.67. The molecule has 8 heteroatoms. The van der Waals surface area contributed by atoms with Crippen LogP contribution in [0.15, 0.2) is 48.5 Å². The van der Waals surface area contributed by atoms with Gasteiger partial charge in [-0.05, 0) is 62.7 Å². The zero-order valence-electron chi connectivity index (χ0n) is 22.0. The van der Waals surface area contributed by atoms with Crippen LogP contribution in [-0.2, 0) is 19.9 Å². The van der Waals surface area contributed by atoms with Crippen molar-refractivity contribution >= 4 is 37.3 Å². The van der Waals surface area contributed by atoms with Crippen molar-refractivity contribution in [1.29, 1.82) is 0 Å². The first-order chi connectivity index (χ1) is 17.7. The molecule has 0 aliphatic carbocycles. The molecular weight excluding hydrogens is 487 g/mol. The van der Waals surface area contributed by atoms with Crippen molar-refractivity contribution in [3.8, 4) is 0 Å². The van der Waals surface area contributed by atoms with E-state index in [0.717, 1.165) is 37.1 Å². The molecule has 1 spiro atoms. The van der Waals surface area contributed by atoms with E-state index in [-0.39, 0.29) is 24.8 Å². The number of aliphatic hydroxyl groups is 1. The number of carbonyl (C=O) groups is 2. The summed E-state index contributed by atoms with van der Waals surface area (Å²) < 4.78 is 22.4. The van der Waals surface area contributed by atoms with E-state index in [2.05, 4.69) is 0 Å². The zero-order chi connectivity index (χ0) is 26.4. The van der Waals surface area contributed by atoms with Gasteiger partial charge in [-0.1, -0.05) is 38.0 Å². The summed E-state index contributed by atoms with van der Waals surface area (Å²) in [6, 6.07) is 15.2. The normalized spacial score (nSPS) is 28.5. The van der Waals surface area contributed by atoms with Crippen molar-refractivity contribution in [2.24, 2.45) is 5.92 Å². The fourth-order valence-electron chi connectivity index (χ4n) is 6.79. The Kier molecular flexibility index (Phi) is 7.02. The molecule has 3 heterocycles. The minimum absolute atomic E-state index is 0.0895. The van der Waals surface area contributed by atoms with Crippen LogP contribution in [0.1, 0.15) is 51.0 Å². The summed E-state index contributed by atoms with van der Waals surface area (Å²) in [6.07, 6.45) is 4.17. The van der Waals surface area contributed by atoms with Crippen LogP contribution in [0.25, 0.3) is 0 Å². The molecular formula is C29H37FN2O4Si. The van der Waals surface area contributed by atoms with E-state index in [1.807, 2.05) is 60.4 Å². The number of ether oxygens (including phenoxy) is 1. The molecule has 2 fully saturated rings. The summed E-state index contributed by atoms with van der Waals surface area (Å²) in [4.78, 5) is 31.0. The molecule has 5 rings (SSSR count).